The van der Waals surface area contributed by atoms with Crippen LogP contribution in [-0.4, -0.2) is 22.3 Å². The van der Waals surface area contributed by atoms with Gasteiger partial charge in [-0.15, -0.1) is 0 Å². The number of hydrogen-bond donors (Lipinski definition) is 1. The van der Waals surface area contributed by atoms with Crippen LogP contribution >= 0.6 is 11.6 Å². The Labute approximate surface area is 126 Å². The van der Waals surface area contributed by atoms with Crippen molar-refractivity contribution in [3.8, 4) is 5.69 Å². The minimum Gasteiger partial charge on any atom is -0.287 e. The average Bonchev–Trinajstić information content (AvgIpc) is 2.46. The Morgan fingerprint density at radius 1 is 1.38 bits per heavy atom. The zero-order chi connectivity index (χ0) is 15.4. The number of aromatic nitrogens is 2. The summed E-state index contributed by atoms with van der Waals surface area (Å²) in [6.45, 7) is 3.74. The van der Waals surface area contributed by atoms with Crippen molar-refractivity contribution in [3.05, 3.63) is 57.0 Å². The zero-order valence-electron chi connectivity index (χ0n) is 11.6. The van der Waals surface area contributed by atoms with Gasteiger partial charge in [-0.1, -0.05) is 11.6 Å². The number of nitrogens with one attached hydrogen (secondary N) is 1. The number of benzene rings is 1. The highest BCUT2D eigenvalue weighted by atomic mass is 35.5. The first kappa shape index (κ1) is 15.2. The van der Waals surface area contributed by atoms with Crippen LogP contribution in [0.2, 0.25) is 5.02 Å². The summed E-state index contributed by atoms with van der Waals surface area (Å²) in [6, 6.07) is 8.25. The molecule has 0 aliphatic heterocycles. The molecule has 1 aromatic carbocycles. The summed E-state index contributed by atoms with van der Waals surface area (Å²) < 4.78 is 1.50. The molecule has 2 rings (SSSR count). The first-order valence-electron chi connectivity index (χ1n) is 6.32. The van der Waals surface area contributed by atoms with Gasteiger partial charge in [0.2, 0.25) is 5.43 Å². The summed E-state index contributed by atoms with van der Waals surface area (Å²) in [6.07, 6.45) is 0. The Kier molecular flexibility index (Phi) is 4.72. The van der Waals surface area contributed by atoms with Crippen LogP contribution < -0.4 is 10.9 Å². The number of hydrogen-bond acceptors (Lipinski definition) is 4. The molecule has 1 amide bonds. The van der Waals surface area contributed by atoms with Gasteiger partial charge in [-0.05, 0) is 38.1 Å². The molecule has 110 valence electrons. The fraction of sp³-hybridized carbons (Fsp3) is 0.214. The minimum atomic E-state index is -0.676. The number of nitrogens with zero attached hydrogens (tertiary/aromatic N) is 2. The normalized spacial score (nSPS) is 10.4. The lowest BCUT2D eigenvalue weighted by atomic mass is 10.3. The molecule has 0 radical (unpaired) electrons. The van der Waals surface area contributed by atoms with E-state index in [9.17, 15) is 9.59 Å². The van der Waals surface area contributed by atoms with E-state index in [0.717, 1.165) is 0 Å². The number of carbonyl (C=O) groups excluding carboxylic acids is 1. The Balaban J connectivity index is 2.45. The topological polar surface area (TPSA) is 73.2 Å². The minimum absolute atomic E-state index is 0.232. The fourth-order valence-electron chi connectivity index (χ4n) is 1.73. The monoisotopic (exact) mass is 307 g/mol. The number of aryl methyl sites for hydroxylation is 1. The maximum absolute atomic E-state index is 11.9. The van der Waals surface area contributed by atoms with Crippen molar-refractivity contribution in [1.82, 2.24) is 15.3 Å². The number of rotatable bonds is 4. The molecule has 2 aromatic rings. The van der Waals surface area contributed by atoms with E-state index in [1.54, 1.807) is 38.1 Å². The Morgan fingerprint density at radius 3 is 2.67 bits per heavy atom. The molecule has 0 fully saturated rings. The highest BCUT2D eigenvalue weighted by Crippen LogP contribution is 2.13. The molecule has 0 spiro atoms. The maximum Gasteiger partial charge on any atom is 0.299 e. The molecule has 0 bridgehead atoms. The fourth-order valence-corrected chi connectivity index (χ4v) is 1.86. The van der Waals surface area contributed by atoms with Crippen molar-refractivity contribution in [1.29, 1.82) is 0 Å². The van der Waals surface area contributed by atoms with Crippen molar-refractivity contribution < 1.29 is 9.63 Å². The second-order valence-corrected chi connectivity index (χ2v) is 4.69. The van der Waals surface area contributed by atoms with Crippen LogP contribution in [0.25, 0.3) is 5.69 Å². The Morgan fingerprint density at radius 2 is 2.05 bits per heavy atom. The molecule has 1 N–H and O–H groups in total. The molecule has 0 aliphatic carbocycles. The van der Waals surface area contributed by atoms with Gasteiger partial charge in [0.05, 0.1) is 12.3 Å². The van der Waals surface area contributed by atoms with E-state index < -0.39 is 11.3 Å². The van der Waals surface area contributed by atoms with Gasteiger partial charge in [-0.25, -0.2) is 10.2 Å². The van der Waals surface area contributed by atoms with E-state index in [2.05, 4.69) is 10.6 Å². The Hall–Kier alpha value is -2.18. The molecule has 21 heavy (non-hydrogen) atoms. The predicted octanol–water partition coefficient (Wildman–Crippen LogP) is 1.88. The number of amides is 1. The zero-order valence-corrected chi connectivity index (χ0v) is 12.3. The summed E-state index contributed by atoms with van der Waals surface area (Å²) in [7, 11) is 0. The van der Waals surface area contributed by atoms with Gasteiger partial charge in [0, 0.05) is 16.8 Å². The van der Waals surface area contributed by atoms with Gasteiger partial charge in [-0.3, -0.25) is 14.4 Å². The standard InChI is InChI=1S/C14H14ClN3O3/c1-3-21-17-14(20)13-12(19)8-9(2)18(16-13)11-6-4-10(15)5-7-11/h4-8H,3H2,1-2H3,(H,17,20). The second kappa shape index (κ2) is 6.51. The predicted molar refractivity (Wildman–Crippen MR) is 78.7 cm³/mol. The van der Waals surface area contributed by atoms with E-state index in [-0.39, 0.29) is 5.69 Å². The summed E-state index contributed by atoms with van der Waals surface area (Å²) in [5, 5.41) is 4.68. The van der Waals surface area contributed by atoms with Gasteiger partial charge in [0.1, 0.15) is 0 Å². The smallest absolute Gasteiger partial charge is 0.287 e. The molecule has 0 saturated carbocycles. The van der Waals surface area contributed by atoms with Crippen LogP contribution in [0.1, 0.15) is 23.1 Å². The summed E-state index contributed by atoms with van der Waals surface area (Å²) >= 11 is 5.84. The molecular formula is C14H14ClN3O3. The van der Waals surface area contributed by atoms with Crippen LogP contribution in [0.4, 0.5) is 0 Å². The summed E-state index contributed by atoms with van der Waals surface area (Å²) in [4.78, 5) is 28.5. The van der Waals surface area contributed by atoms with Crippen molar-refractivity contribution >= 4 is 17.5 Å². The molecular weight excluding hydrogens is 294 g/mol. The molecule has 0 saturated heterocycles. The lowest BCUT2D eigenvalue weighted by Crippen LogP contribution is -2.32. The molecule has 1 heterocycles. The third kappa shape index (κ3) is 3.48. The molecule has 1 aromatic heterocycles. The highest BCUT2D eigenvalue weighted by Gasteiger charge is 2.15. The summed E-state index contributed by atoms with van der Waals surface area (Å²) in [5.41, 5.74) is 2.77. The first-order chi connectivity index (χ1) is 10.0. The van der Waals surface area contributed by atoms with Gasteiger partial charge in [-0.2, -0.15) is 5.10 Å². The lowest BCUT2D eigenvalue weighted by Gasteiger charge is -2.11. The first-order valence-corrected chi connectivity index (χ1v) is 6.69. The van der Waals surface area contributed by atoms with Crippen LogP contribution in [0, 0.1) is 6.92 Å². The van der Waals surface area contributed by atoms with Crippen molar-refractivity contribution in [2.75, 3.05) is 6.61 Å². The summed E-state index contributed by atoms with van der Waals surface area (Å²) in [5.74, 6) is -0.676. The largest absolute Gasteiger partial charge is 0.299 e. The third-order valence-corrected chi connectivity index (χ3v) is 2.95. The van der Waals surface area contributed by atoms with Crippen LogP contribution in [0.5, 0.6) is 0 Å². The number of halogens is 1. The van der Waals surface area contributed by atoms with Crippen molar-refractivity contribution in [2.24, 2.45) is 0 Å². The second-order valence-electron chi connectivity index (χ2n) is 4.25. The van der Waals surface area contributed by atoms with Crippen LogP contribution in [-0.2, 0) is 4.84 Å². The SMILES string of the molecule is CCONC(=O)c1nn(-c2ccc(Cl)cc2)c(C)cc1=O. The van der Waals surface area contributed by atoms with Gasteiger partial charge >= 0.3 is 0 Å². The third-order valence-electron chi connectivity index (χ3n) is 2.70. The van der Waals surface area contributed by atoms with Gasteiger partial charge < -0.3 is 0 Å². The highest BCUT2D eigenvalue weighted by molar-refractivity contribution is 6.30. The average molecular weight is 308 g/mol. The van der Waals surface area contributed by atoms with Gasteiger partial charge in [0.25, 0.3) is 5.91 Å². The van der Waals surface area contributed by atoms with Crippen LogP contribution in [0.3, 0.4) is 0 Å². The lowest BCUT2D eigenvalue weighted by molar-refractivity contribution is 0.0357. The van der Waals surface area contributed by atoms with Crippen molar-refractivity contribution in [3.63, 3.8) is 0 Å². The van der Waals surface area contributed by atoms with Crippen LogP contribution in [0.15, 0.2) is 35.1 Å². The maximum atomic E-state index is 11.9. The van der Waals surface area contributed by atoms with Gasteiger partial charge in [0.15, 0.2) is 5.69 Å². The number of hydroxylamine groups is 1. The molecule has 6 nitrogen and oxygen atoms in total. The van der Waals surface area contributed by atoms with E-state index in [0.29, 0.717) is 23.0 Å². The quantitative estimate of drug-likeness (QED) is 0.875. The van der Waals surface area contributed by atoms with E-state index in [4.69, 9.17) is 16.4 Å². The van der Waals surface area contributed by atoms with E-state index in [1.165, 1.54) is 10.7 Å². The van der Waals surface area contributed by atoms with E-state index in [1.807, 2.05) is 0 Å². The molecule has 7 heteroatoms. The molecule has 0 atom stereocenters. The number of carbonyl (C=O) groups is 1. The van der Waals surface area contributed by atoms with Crippen molar-refractivity contribution in [2.45, 2.75) is 13.8 Å². The Bertz CT molecular complexity index is 710. The molecule has 0 aliphatic rings. The molecule has 0 unspecified atom stereocenters. The van der Waals surface area contributed by atoms with E-state index >= 15 is 0 Å².